The summed E-state index contributed by atoms with van der Waals surface area (Å²) in [6.45, 7) is 3.80. The van der Waals surface area contributed by atoms with Crippen LogP contribution in [0.2, 0.25) is 0 Å². The van der Waals surface area contributed by atoms with E-state index in [1.807, 2.05) is 6.08 Å². The van der Waals surface area contributed by atoms with Crippen LogP contribution in [-0.2, 0) is 14.3 Å². The van der Waals surface area contributed by atoms with Crippen molar-refractivity contribution in [2.45, 2.75) is 352 Å². The van der Waals surface area contributed by atoms with Gasteiger partial charge in [0.2, 0.25) is 5.91 Å². The lowest BCUT2D eigenvalue weighted by atomic mass is 9.99. The fourth-order valence-electron chi connectivity index (χ4n) is 10.2. The van der Waals surface area contributed by atoms with Crippen molar-refractivity contribution in [1.29, 1.82) is 0 Å². The van der Waals surface area contributed by atoms with Crippen molar-refractivity contribution in [3.05, 3.63) is 36.5 Å². The minimum absolute atomic E-state index is 0.184. The molecule has 73 heavy (non-hydrogen) atoms. The van der Waals surface area contributed by atoms with Crippen molar-refractivity contribution >= 4 is 5.91 Å². The highest BCUT2D eigenvalue weighted by Crippen LogP contribution is 2.23. The Hall–Kier alpha value is -1.59. The Kier molecular flexibility index (Phi) is 51.2. The third-order valence-electron chi connectivity index (χ3n) is 15.2. The molecule has 1 heterocycles. The summed E-state index contributed by atoms with van der Waals surface area (Å²) in [5.41, 5.74) is 0. The Balaban J connectivity index is 2.21. The van der Waals surface area contributed by atoms with E-state index in [4.69, 9.17) is 9.47 Å². The Bertz CT molecular complexity index is 1240. The highest BCUT2D eigenvalue weighted by atomic mass is 16.7. The third kappa shape index (κ3) is 43.1. The number of carbonyl (C=O) groups is 1. The molecule has 7 atom stereocenters. The van der Waals surface area contributed by atoms with Crippen LogP contribution in [0.25, 0.3) is 0 Å². The summed E-state index contributed by atoms with van der Waals surface area (Å²) in [6.07, 6.45) is 63.8. The minimum atomic E-state index is -1.57. The number of allylic oxidation sites excluding steroid dienone is 5. The minimum Gasteiger partial charge on any atom is -0.394 e. The first-order valence-electron chi connectivity index (χ1n) is 31.7. The molecule has 0 radical (unpaired) electrons. The van der Waals surface area contributed by atoms with E-state index in [1.54, 1.807) is 6.08 Å². The summed E-state index contributed by atoms with van der Waals surface area (Å²) in [6, 6.07) is -0.827. The summed E-state index contributed by atoms with van der Waals surface area (Å²) < 4.78 is 11.3. The van der Waals surface area contributed by atoms with E-state index in [0.29, 0.717) is 6.42 Å². The van der Waals surface area contributed by atoms with Gasteiger partial charge in [0.25, 0.3) is 0 Å². The first kappa shape index (κ1) is 69.4. The van der Waals surface area contributed by atoms with Gasteiger partial charge in [-0.2, -0.15) is 0 Å². The molecule has 9 nitrogen and oxygen atoms in total. The number of carbonyl (C=O) groups excluding carboxylic acids is 1. The molecular weight excluding hydrogens is 911 g/mol. The molecule has 0 aromatic heterocycles. The van der Waals surface area contributed by atoms with Crippen LogP contribution in [0.15, 0.2) is 36.5 Å². The fourth-order valence-corrected chi connectivity index (χ4v) is 10.2. The average Bonchev–Trinajstić information content (AvgIpc) is 3.39. The standard InChI is InChI=1S/C64H121NO8/c1-3-5-7-9-11-13-15-17-19-21-23-25-27-29-30-32-34-36-38-40-42-44-46-48-50-52-54-60(68)65-57(56-72-64-63(71)62(70)61(69)59(55-66)73-64)58(67)53-51-49-47-45-43-41-39-37-35-33-31-28-26-24-22-20-18-16-14-12-10-8-6-4-2/h35,37,43,45,51,53,57-59,61-64,66-67,69-71H,3-34,36,38-42,44,46-50,52,54-56H2,1-2H3,(H,65,68)/b37-35+,45-43+,53-51+. The van der Waals surface area contributed by atoms with E-state index in [2.05, 4.69) is 43.5 Å². The van der Waals surface area contributed by atoms with Gasteiger partial charge in [-0.05, 0) is 44.9 Å². The van der Waals surface area contributed by atoms with Gasteiger partial charge in [0.05, 0.1) is 25.4 Å². The molecular formula is C64H121NO8. The number of aliphatic hydroxyl groups is 5. The van der Waals surface area contributed by atoms with Gasteiger partial charge in [0, 0.05) is 6.42 Å². The van der Waals surface area contributed by atoms with E-state index in [0.717, 1.165) is 44.9 Å². The Labute approximate surface area is 451 Å². The van der Waals surface area contributed by atoms with E-state index in [-0.39, 0.29) is 12.5 Å². The zero-order chi connectivity index (χ0) is 52.9. The zero-order valence-corrected chi connectivity index (χ0v) is 47.9. The number of aliphatic hydroxyl groups excluding tert-OH is 5. The summed E-state index contributed by atoms with van der Waals surface area (Å²) in [4.78, 5) is 13.1. The van der Waals surface area contributed by atoms with Crippen LogP contribution in [0.3, 0.4) is 0 Å². The van der Waals surface area contributed by atoms with Gasteiger partial charge in [0.1, 0.15) is 24.4 Å². The van der Waals surface area contributed by atoms with E-state index >= 15 is 0 Å². The molecule has 0 aromatic rings. The molecule has 0 aliphatic carbocycles. The second kappa shape index (κ2) is 53.8. The largest absolute Gasteiger partial charge is 0.394 e. The molecule has 0 bridgehead atoms. The molecule has 1 aliphatic rings. The molecule has 0 saturated carbocycles. The summed E-state index contributed by atoms with van der Waals surface area (Å²) >= 11 is 0. The van der Waals surface area contributed by atoms with Crippen LogP contribution < -0.4 is 5.32 Å². The smallest absolute Gasteiger partial charge is 0.220 e. The summed E-state index contributed by atoms with van der Waals surface area (Å²) in [7, 11) is 0. The van der Waals surface area contributed by atoms with Gasteiger partial charge >= 0.3 is 0 Å². The van der Waals surface area contributed by atoms with Crippen molar-refractivity contribution < 1.29 is 39.8 Å². The van der Waals surface area contributed by atoms with Crippen LogP contribution in [0.1, 0.15) is 309 Å². The Morgan fingerprint density at radius 1 is 0.452 bits per heavy atom. The van der Waals surface area contributed by atoms with Gasteiger partial charge in [-0.15, -0.1) is 0 Å². The summed E-state index contributed by atoms with van der Waals surface area (Å²) in [5, 5.41) is 54.6. The molecule has 0 aromatic carbocycles. The maximum Gasteiger partial charge on any atom is 0.220 e. The van der Waals surface area contributed by atoms with Crippen molar-refractivity contribution in [3.63, 3.8) is 0 Å². The lowest BCUT2D eigenvalue weighted by Gasteiger charge is -2.40. The molecule has 1 saturated heterocycles. The van der Waals surface area contributed by atoms with Crippen LogP contribution in [0.5, 0.6) is 0 Å². The van der Waals surface area contributed by atoms with Gasteiger partial charge < -0.3 is 40.3 Å². The van der Waals surface area contributed by atoms with Crippen LogP contribution >= 0.6 is 0 Å². The number of nitrogens with one attached hydrogen (secondary N) is 1. The topological polar surface area (TPSA) is 149 Å². The zero-order valence-electron chi connectivity index (χ0n) is 47.9. The molecule has 0 spiro atoms. The first-order chi connectivity index (χ1) is 35.8. The number of hydrogen-bond acceptors (Lipinski definition) is 8. The highest BCUT2D eigenvalue weighted by molar-refractivity contribution is 5.76. The quantitative estimate of drug-likeness (QED) is 0.0261. The molecule has 9 heteroatoms. The SMILES string of the molecule is CCCCCCCCCCCCCCCC/C=C/CC/C=C/CC/C=C/C(O)C(COC1OC(CO)C(O)C(O)C1O)NC(=O)CCCCCCCCCCCCCCCCCCCCCCCCCCCC. The van der Waals surface area contributed by atoms with Gasteiger partial charge in [-0.1, -0.05) is 294 Å². The van der Waals surface area contributed by atoms with Gasteiger partial charge in [0.15, 0.2) is 6.29 Å². The third-order valence-corrected chi connectivity index (χ3v) is 15.2. The summed E-state index contributed by atoms with van der Waals surface area (Å²) in [5.74, 6) is -0.184. The van der Waals surface area contributed by atoms with E-state index < -0.39 is 49.5 Å². The molecule has 430 valence electrons. The van der Waals surface area contributed by atoms with Crippen LogP contribution in [-0.4, -0.2) is 87.5 Å². The second-order valence-electron chi connectivity index (χ2n) is 22.2. The van der Waals surface area contributed by atoms with Crippen molar-refractivity contribution in [1.82, 2.24) is 5.32 Å². The first-order valence-corrected chi connectivity index (χ1v) is 31.7. The molecule has 1 fully saturated rings. The van der Waals surface area contributed by atoms with E-state index in [9.17, 15) is 30.3 Å². The van der Waals surface area contributed by atoms with Crippen molar-refractivity contribution in [3.8, 4) is 0 Å². The number of hydrogen-bond donors (Lipinski definition) is 6. The van der Waals surface area contributed by atoms with Crippen molar-refractivity contribution in [2.75, 3.05) is 13.2 Å². The fraction of sp³-hybridized carbons (Fsp3) is 0.891. The number of rotatable bonds is 55. The molecule has 1 amide bonds. The van der Waals surface area contributed by atoms with Crippen molar-refractivity contribution in [2.24, 2.45) is 0 Å². The Morgan fingerprint density at radius 2 is 0.781 bits per heavy atom. The van der Waals surface area contributed by atoms with Crippen LogP contribution in [0.4, 0.5) is 0 Å². The monoisotopic (exact) mass is 1030 g/mol. The second-order valence-corrected chi connectivity index (χ2v) is 22.2. The molecule has 1 aliphatic heterocycles. The normalized spacial score (nSPS) is 19.2. The van der Waals surface area contributed by atoms with Gasteiger partial charge in [-0.3, -0.25) is 4.79 Å². The van der Waals surface area contributed by atoms with Gasteiger partial charge in [-0.25, -0.2) is 0 Å². The van der Waals surface area contributed by atoms with Crippen LogP contribution in [0, 0.1) is 0 Å². The average molecular weight is 1030 g/mol. The maximum atomic E-state index is 13.1. The lowest BCUT2D eigenvalue weighted by molar-refractivity contribution is -0.302. The molecule has 1 rings (SSSR count). The predicted octanol–water partition coefficient (Wildman–Crippen LogP) is 16.3. The molecule has 7 unspecified atom stereocenters. The lowest BCUT2D eigenvalue weighted by Crippen LogP contribution is -2.60. The van der Waals surface area contributed by atoms with E-state index in [1.165, 1.54) is 244 Å². The number of unbranched alkanes of at least 4 members (excludes halogenated alkanes) is 41. The number of ether oxygens (including phenoxy) is 2. The Morgan fingerprint density at radius 3 is 1.15 bits per heavy atom. The predicted molar refractivity (Wildman–Crippen MR) is 309 cm³/mol. The highest BCUT2D eigenvalue weighted by Gasteiger charge is 2.44. The molecule has 6 N–H and O–H groups in total. The number of amides is 1. The maximum absolute atomic E-state index is 13.1.